The van der Waals surface area contributed by atoms with Crippen LogP contribution in [0.3, 0.4) is 0 Å². The van der Waals surface area contributed by atoms with Crippen molar-refractivity contribution in [1.29, 1.82) is 0 Å². The van der Waals surface area contributed by atoms with Gasteiger partial charge in [-0.25, -0.2) is 0 Å². The van der Waals surface area contributed by atoms with Gasteiger partial charge in [0.25, 0.3) is 5.60 Å². The lowest BCUT2D eigenvalue weighted by Crippen LogP contribution is -2.62. The van der Waals surface area contributed by atoms with Crippen LogP contribution in [0, 0.1) is 39.9 Å². The van der Waals surface area contributed by atoms with Gasteiger partial charge in [-0.2, -0.15) is 26.3 Å². The lowest BCUT2D eigenvalue weighted by Gasteiger charge is -2.57. The molecule has 4 aliphatic carbocycles. The van der Waals surface area contributed by atoms with Gasteiger partial charge in [-0.1, -0.05) is 20.8 Å². The van der Waals surface area contributed by atoms with Gasteiger partial charge in [0.2, 0.25) is 0 Å². The van der Waals surface area contributed by atoms with Crippen LogP contribution in [0.2, 0.25) is 0 Å². The maximum Gasteiger partial charge on any atom is 0.426 e. The highest BCUT2D eigenvalue weighted by molar-refractivity contribution is 5.52. The summed E-state index contributed by atoms with van der Waals surface area (Å²) in [6.45, 7) is 6.06. The fraction of sp³-hybridized carbons (Fsp3) is 1.00. The van der Waals surface area contributed by atoms with Crippen molar-refractivity contribution in [3.8, 4) is 0 Å². The predicted octanol–water partition coefficient (Wildman–Crippen LogP) is 4.16. The van der Waals surface area contributed by atoms with Crippen LogP contribution in [0.1, 0.15) is 33.6 Å². The number of aliphatic hydroxyl groups is 1. The first kappa shape index (κ1) is 15.1. The molecule has 0 aliphatic heterocycles. The van der Waals surface area contributed by atoms with Crippen molar-refractivity contribution < 1.29 is 31.4 Å². The molecule has 0 bridgehead atoms. The molecule has 0 saturated heterocycles. The summed E-state index contributed by atoms with van der Waals surface area (Å²) in [7, 11) is 0. The topological polar surface area (TPSA) is 20.2 Å². The lowest BCUT2D eigenvalue weighted by atomic mass is 9.47. The van der Waals surface area contributed by atoms with Gasteiger partial charge in [0.15, 0.2) is 0 Å². The Labute approximate surface area is 124 Å². The fourth-order valence-corrected chi connectivity index (χ4v) is 7.26. The quantitative estimate of drug-likeness (QED) is 0.755. The number of halogens is 6. The molecule has 1 nitrogen and oxygen atoms in total. The first-order valence-electron chi connectivity index (χ1n) is 7.57. The number of rotatable bonds is 2. The molecule has 0 aromatic rings. The van der Waals surface area contributed by atoms with Crippen LogP contribution in [0.15, 0.2) is 0 Å². The normalized spacial score (nSPS) is 51.0. The predicted molar refractivity (Wildman–Crippen MR) is 64.6 cm³/mol. The average molecular weight is 328 g/mol. The highest BCUT2D eigenvalue weighted by atomic mass is 19.4. The number of hydrogen-bond donors (Lipinski definition) is 1. The molecule has 7 heteroatoms. The molecule has 22 heavy (non-hydrogen) atoms. The van der Waals surface area contributed by atoms with Gasteiger partial charge in [0, 0.05) is 0 Å². The van der Waals surface area contributed by atoms with Crippen LogP contribution in [-0.2, 0) is 0 Å². The standard InChI is InChI=1S/C15H18F6O/c1-6-8-9-10(2,3)11(9)4-7(13(6,8)11)5-12(22,14(16,17)18)15(19,20)21/h6-9,22H,4-5H2,1-3H3. The van der Waals surface area contributed by atoms with E-state index in [0.717, 1.165) is 0 Å². The van der Waals surface area contributed by atoms with E-state index in [4.69, 9.17) is 0 Å². The third-order valence-electron chi connectivity index (χ3n) is 7.96. The molecule has 4 aliphatic rings. The molecule has 0 heterocycles. The Hall–Kier alpha value is -0.460. The van der Waals surface area contributed by atoms with E-state index in [0.29, 0.717) is 12.3 Å². The van der Waals surface area contributed by atoms with E-state index >= 15 is 0 Å². The Morgan fingerprint density at radius 2 is 1.55 bits per heavy atom. The van der Waals surface area contributed by atoms with Gasteiger partial charge < -0.3 is 5.11 Å². The monoisotopic (exact) mass is 328 g/mol. The summed E-state index contributed by atoms with van der Waals surface area (Å²) in [5.41, 5.74) is -4.97. The zero-order chi connectivity index (χ0) is 16.7. The van der Waals surface area contributed by atoms with Gasteiger partial charge >= 0.3 is 12.4 Å². The van der Waals surface area contributed by atoms with E-state index in [1.54, 1.807) is 0 Å². The minimum absolute atomic E-state index is 0.0370. The maximum absolute atomic E-state index is 12.9. The SMILES string of the molecule is CC1C2C3C(C)(C)C34CC(CC(O)(C(F)(F)F)C(F)(F)F)C124. The fourth-order valence-electron chi connectivity index (χ4n) is 7.26. The summed E-state index contributed by atoms with van der Waals surface area (Å²) in [4.78, 5) is 0. The average Bonchev–Trinajstić information content (AvgIpc) is 3.02. The molecule has 4 rings (SSSR count). The molecule has 0 amide bonds. The molecule has 2 spiro atoms. The Bertz CT molecular complexity index is 549. The van der Waals surface area contributed by atoms with Crippen LogP contribution in [0.5, 0.6) is 0 Å². The second kappa shape index (κ2) is 3.20. The van der Waals surface area contributed by atoms with Gasteiger partial charge in [0.1, 0.15) is 0 Å². The van der Waals surface area contributed by atoms with E-state index in [1.165, 1.54) is 0 Å². The number of fused-ring (bicyclic) bond motifs is 1. The van der Waals surface area contributed by atoms with Gasteiger partial charge in [-0.05, 0) is 52.8 Å². The van der Waals surface area contributed by atoms with E-state index in [-0.39, 0.29) is 28.1 Å². The lowest BCUT2D eigenvalue weighted by molar-refractivity contribution is -0.378. The van der Waals surface area contributed by atoms with E-state index in [1.807, 2.05) is 6.92 Å². The van der Waals surface area contributed by atoms with Crippen LogP contribution in [0.25, 0.3) is 0 Å². The van der Waals surface area contributed by atoms with Gasteiger partial charge in [-0.15, -0.1) is 0 Å². The van der Waals surface area contributed by atoms with Crippen molar-refractivity contribution in [3.63, 3.8) is 0 Å². The largest absolute Gasteiger partial charge is 0.426 e. The van der Waals surface area contributed by atoms with Crippen LogP contribution < -0.4 is 0 Å². The molecule has 6 unspecified atom stereocenters. The summed E-state index contributed by atoms with van der Waals surface area (Å²) in [5, 5.41) is 9.44. The summed E-state index contributed by atoms with van der Waals surface area (Å²) in [6.07, 6.45) is -12.2. The molecule has 4 saturated carbocycles. The third-order valence-corrected chi connectivity index (χ3v) is 7.96. The van der Waals surface area contributed by atoms with Crippen molar-refractivity contribution >= 4 is 0 Å². The summed E-state index contributed by atoms with van der Waals surface area (Å²) in [5.74, 6) is 0.219. The smallest absolute Gasteiger partial charge is 0.374 e. The van der Waals surface area contributed by atoms with Crippen LogP contribution in [0.4, 0.5) is 26.3 Å². The molecule has 4 fully saturated rings. The first-order valence-corrected chi connectivity index (χ1v) is 7.57. The minimum Gasteiger partial charge on any atom is -0.374 e. The molecule has 0 aromatic heterocycles. The summed E-state index contributed by atoms with van der Waals surface area (Å²) < 4.78 is 77.3. The Kier molecular flexibility index (Phi) is 2.19. The zero-order valence-corrected chi connectivity index (χ0v) is 12.4. The molecule has 126 valence electrons. The van der Waals surface area contributed by atoms with Crippen LogP contribution in [-0.4, -0.2) is 23.1 Å². The highest BCUT2D eigenvalue weighted by Crippen LogP contribution is 3.09. The van der Waals surface area contributed by atoms with Crippen molar-refractivity contribution in [2.75, 3.05) is 0 Å². The number of alkyl halides is 6. The Balaban J connectivity index is 1.62. The van der Waals surface area contributed by atoms with E-state index < -0.39 is 30.3 Å². The van der Waals surface area contributed by atoms with Crippen molar-refractivity contribution in [2.24, 2.45) is 39.9 Å². The molecule has 0 aromatic carbocycles. The minimum atomic E-state index is -5.69. The molecular weight excluding hydrogens is 310 g/mol. The molecule has 0 radical (unpaired) electrons. The first-order chi connectivity index (χ1) is 9.71. The van der Waals surface area contributed by atoms with Crippen molar-refractivity contribution in [1.82, 2.24) is 0 Å². The second-order valence-electron chi connectivity index (χ2n) is 8.38. The zero-order valence-electron chi connectivity index (χ0n) is 12.4. The Morgan fingerprint density at radius 3 is 1.95 bits per heavy atom. The summed E-state index contributed by atoms with van der Waals surface area (Å²) >= 11 is 0. The Morgan fingerprint density at radius 1 is 1.05 bits per heavy atom. The van der Waals surface area contributed by atoms with Gasteiger partial charge in [-0.3, -0.25) is 0 Å². The molecule has 1 N–H and O–H groups in total. The van der Waals surface area contributed by atoms with E-state index in [2.05, 4.69) is 13.8 Å². The number of hydrogen-bond acceptors (Lipinski definition) is 1. The maximum atomic E-state index is 12.9. The molecule has 6 atom stereocenters. The summed E-state index contributed by atoms with van der Waals surface area (Å²) in [6, 6.07) is 0. The van der Waals surface area contributed by atoms with Crippen molar-refractivity contribution in [3.05, 3.63) is 0 Å². The van der Waals surface area contributed by atoms with E-state index in [9.17, 15) is 31.4 Å². The highest BCUT2D eigenvalue weighted by Gasteiger charge is 3.06. The van der Waals surface area contributed by atoms with Crippen LogP contribution >= 0.6 is 0 Å². The third kappa shape index (κ3) is 1.06. The second-order valence-corrected chi connectivity index (χ2v) is 8.38. The molecular formula is C15H18F6O. The van der Waals surface area contributed by atoms with Crippen molar-refractivity contribution in [2.45, 2.75) is 51.6 Å². The van der Waals surface area contributed by atoms with Gasteiger partial charge in [0.05, 0.1) is 0 Å².